The van der Waals surface area contributed by atoms with E-state index >= 15 is 0 Å². The maximum Gasteiger partial charge on any atom is 0.200 e. The van der Waals surface area contributed by atoms with Crippen LogP contribution in [-0.4, -0.2) is 49.5 Å². The van der Waals surface area contributed by atoms with E-state index in [0.717, 1.165) is 42.3 Å². The molecule has 2 aliphatic heterocycles. The molecule has 0 aromatic heterocycles. The Labute approximate surface area is 204 Å². The quantitative estimate of drug-likeness (QED) is 0.483. The van der Waals surface area contributed by atoms with Gasteiger partial charge in [0.25, 0.3) is 0 Å². The maximum atomic E-state index is 12.8. The number of para-hydroxylation sites is 1. The Morgan fingerprint density at radius 2 is 1.62 bits per heavy atom. The Morgan fingerprint density at radius 1 is 0.853 bits per heavy atom. The zero-order chi connectivity index (χ0) is 22.9. The minimum atomic E-state index is 0.0499. The molecule has 4 heteroatoms. The Morgan fingerprint density at radius 3 is 2.32 bits per heavy atom. The third kappa shape index (κ3) is 4.49. The summed E-state index contributed by atoms with van der Waals surface area (Å²) in [6, 6.07) is 17.3. The molecule has 2 aromatic rings. The molecule has 6 rings (SSSR count). The van der Waals surface area contributed by atoms with E-state index in [1.54, 1.807) is 0 Å². The van der Waals surface area contributed by atoms with Crippen molar-refractivity contribution in [3.05, 3.63) is 59.7 Å². The zero-order valence-electron chi connectivity index (χ0n) is 20.3. The van der Waals surface area contributed by atoms with Crippen molar-refractivity contribution >= 4 is 11.5 Å². The summed E-state index contributed by atoms with van der Waals surface area (Å²) in [4.78, 5) is 18.0. The maximum absolute atomic E-state index is 12.8. The van der Waals surface area contributed by atoms with Gasteiger partial charge in [0.05, 0.1) is 0 Å². The predicted octanol–water partition coefficient (Wildman–Crippen LogP) is 5.92. The molecular weight excluding hydrogens is 420 g/mol. The number of ketones is 1. The summed E-state index contributed by atoms with van der Waals surface area (Å²) in [5, 5.41) is 0. The van der Waals surface area contributed by atoms with Crippen LogP contribution in [0.2, 0.25) is 0 Å². The van der Waals surface area contributed by atoms with Crippen molar-refractivity contribution in [2.24, 2.45) is 11.8 Å². The molecule has 3 atom stereocenters. The van der Waals surface area contributed by atoms with Gasteiger partial charge in [-0.1, -0.05) is 24.6 Å². The van der Waals surface area contributed by atoms with Crippen LogP contribution >= 0.6 is 0 Å². The smallest absolute Gasteiger partial charge is 0.200 e. The van der Waals surface area contributed by atoms with E-state index in [4.69, 9.17) is 4.74 Å². The third-order valence-electron chi connectivity index (χ3n) is 9.08. The molecule has 4 fully saturated rings. The van der Waals surface area contributed by atoms with Crippen molar-refractivity contribution in [3.8, 4) is 5.75 Å². The summed E-state index contributed by atoms with van der Waals surface area (Å²) in [6.45, 7) is 4.75. The number of benzene rings is 2. The van der Waals surface area contributed by atoms with Crippen molar-refractivity contribution in [2.75, 3.05) is 37.7 Å². The molecule has 2 aromatic carbocycles. The summed E-state index contributed by atoms with van der Waals surface area (Å²) >= 11 is 0. The van der Waals surface area contributed by atoms with Crippen LogP contribution in [0.4, 0.5) is 5.69 Å². The molecule has 0 N–H and O–H groups in total. The van der Waals surface area contributed by atoms with Crippen molar-refractivity contribution in [3.63, 3.8) is 0 Å². The normalized spacial score (nSPS) is 27.4. The monoisotopic (exact) mass is 458 g/mol. The Kier molecular flexibility index (Phi) is 6.34. The zero-order valence-corrected chi connectivity index (χ0v) is 20.3. The standard InChI is InChI=1S/C30H38N2O2/c33-29(24-9-11-26(12-10-24)31-15-3-4-16-31)21-34-30-6-2-1-5-27(30)23-13-17-32(18-14-23)28-20-22-7-8-25(28)19-22/h1-2,5-6,9-12,22-23,25,28H,3-4,7-8,13-21H2/t22-,25-,28-/m0/s1. The van der Waals surface area contributed by atoms with E-state index in [0.29, 0.717) is 5.92 Å². The van der Waals surface area contributed by atoms with Gasteiger partial charge in [-0.2, -0.15) is 0 Å². The van der Waals surface area contributed by atoms with Crippen molar-refractivity contribution in [1.82, 2.24) is 4.90 Å². The number of Topliss-reactive ketones (excluding diaryl/α,β-unsaturated/α-hetero) is 1. The Balaban J connectivity index is 1.05. The molecule has 2 bridgehead atoms. The lowest BCUT2D eigenvalue weighted by molar-refractivity contribution is 0.0917. The van der Waals surface area contributed by atoms with Gasteiger partial charge in [-0.05, 0) is 112 Å². The Hall–Kier alpha value is -2.33. The number of ether oxygens (including phenoxy) is 1. The average molecular weight is 459 g/mol. The highest BCUT2D eigenvalue weighted by molar-refractivity contribution is 5.97. The molecule has 2 aliphatic carbocycles. The van der Waals surface area contributed by atoms with Gasteiger partial charge in [0, 0.05) is 30.4 Å². The van der Waals surface area contributed by atoms with Crippen LogP contribution < -0.4 is 9.64 Å². The molecule has 2 heterocycles. The number of likely N-dealkylation sites (tertiary alicyclic amines) is 1. The number of hydrogen-bond acceptors (Lipinski definition) is 4. The molecule has 0 unspecified atom stereocenters. The molecule has 4 aliphatic rings. The number of nitrogens with zero attached hydrogens (tertiary/aromatic N) is 2. The number of carbonyl (C=O) groups excluding carboxylic acids is 1. The van der Waals surface area contributed by atoms with Crippen LogP contribution in [0.3, 0.4) is 0 Å². The number of piperidine rings is 1. The first kappa shape index (κ1) is 22.2. The van der Waals surface area contributed by atoms with Crippen LogP contribution in [-0.2, 0) is 0 Å². The van der Waals surface area contributed by atoms with E-state index in [-0.39, 0.29) is 12.4 Å². The fourth-order valence-electron chi connectivity index (χ4n) is 7.21. The molecule has 0 amide bonds. The molecule has 180 valence electrons. The number of carbonyl (C=O) groups is 1. The number of fused-ring (bicyclic) bond motifs is 2. The minimum Gasteiger partial charge on any atom is -0.485 e. The fraction of sp³-hybridized carbons (Fsp3) is 0.567. The fourth-order valence-corrected chi connectivity index (χ4v) is 7.21. The highest BCUT2D eigenvalue weighted by Crippen LogP contribution is 2.48. The van der Waals surface area contributed by atoms with E-state index in [1.807, 2.05) is 24.3 Å². The highest BCUT2D eigenvalue weighted by Gasteiger charge is 2.43. The molecular formula is C30H38N2O2. The van der Waals surface area contributed by atoms with Crippen LogP contribution in [0.1, 0.15) is 73.2 Å². The van der Waals surface area contributed by atoms with E-state index in [2.05, 4.69) is 34.1 Å². The first-order valence-electron chi connectivity index (χ1n) is 13.6. The van der Waals surface area contributed by atoms with Gasteiger partial charge in [-0.3, -0.25) is 4.79 Å². The van der Waals surface area contributed by atoms with E-state index < -0.39 is 0 Å². The van der Waals surface area contributed by atoms with Crippen LogP contribution in [0.25, 0.3) is 0 Å². The van der Waals surface area contributed by atoms with Gasteiger partial charge in [0.1, 0.15) is 5.75 Å². The van der Waals surface area contributed by atoms with E-state index in [1.165, 1.54) is 75.7 Å². The van der Waals surface area contributed by atoms with Gasteiger partial charge < -0.3 is 14.5 Å². The number of rotatable bonds is 7. The molecule has 0 radical (unpaired) electrons. The lowest BCUT2D eigenvalue weighted by atomic mass is 9.86. The van der Waals surface area contributed by atoms with Gasteiger partial charge in [-0.25, -0.2) is 0 Å². The summed E-state index contributed by atoms with van der Waals surface area (Å²) in [7, 11) is 0. The van der Waals surface area contributed by atoms with Crippen molar-refractivity contribution in [1.29, 1.82) is 0 Å². The molecule has 2 saturated carbocycles. The van der Waals surface area contributed by atoms with Crippen LogP contribution in [0, 0.1) is 11.8 Å². The highest BCUT2D eigenvalue weighted by atomic mass is 16.5. The summed E-state index contributed by atoms with van der Waals surface area (Å²) < 4.78 is 6.13. The van der Waals surface area contributed by atoms with Gasteiger partial charge in [0.15, 0.2) is 12.4 Å². The summed E-state index contributed by atoms with van der Waals surface area (Å²) in [5.74, 6) is 3.45. The number of hydrogen-bond donors (Lipinski definition) is 0. The SMILES string of the molecule is O=C(COc1ccccc1C1CCN([C@H]2C[C@H]3CC[C@H]2C3)CC1)c1ccc(N2CCCC2)cc1. The molecule has 0 spiro atoms. The number of anilines is 1. The lowest BCUT2D eigenvalue weighted by Crippen LogP contribution is -2.43. The first-order chi connectivity index (χ1) is 16.7. The second kappa shape index (κ2) is 9.73. The first-order valence-corrected chi connectivity index (χ1v) is 13.6. The van der Waals surface area contributed by atoms with E-state index in [9.17, 15) is 4.79 Å². The topological polar surface area (TPSA) is 32.8 Å². The van der Waals surface area contributed by atoms with Crippen LogP contribution in [0.5, 0.6) is 5.75 Å². The summed E-state index contributed by atoms with van der Waals surface area (Å²) in [5.41, 5.74) is 3.24. The average Bonchev–Trinajstić information content (AvgIpc) is 3.67. The molecule has 4 nitrogen and oxygen atoms in total. The van der Waals surface area contributed by atoms with Gasteiger partial charge >= 0.3 is 0 Å². The van der Waals surface area contributed by atoms with Crippen LogP contribution in [0.15, 0.2) is 48.5 Å². The second-order valence-electron chi connectivity index (χ2n) is 11.0. The largest absolute Gasteiger partial charge is 0.485 e. The minimum absolute atomic E-state index is 0.0499. The van der Waals surface area contributed by atoms with Gasteiger partial charge in [0.2, 0.25) is 0 Å². The van der Waals surface area contributed by atoms with Crippen molar-refractivity contribution < 1.29 is 9.53 Å². The van der Waals surface area contributed by atoms with Crippen molar-refractivity contribution in [2.45, 2.75) is 63.3 Å². The molecule has 2 saturated heterocycles. The summed E-state index contributed by atoms with van der Waals surface area (Å²) in [6.07, 6.45) is 10.8. The predicted molar refractivity (Wildman–Crippen MR) is 137 cm³/mol. The Bertz CT molecular complexity index is 989. The third-order valence-corrected chi connectivity index (χ3v) is 9.08. The lowest BCUT2D eigenvalue weighted by Gasteiger charge is -2.40. The van der Waals surface area contributed by atoms with Gasteiger partial charge in [-0.15, -0.1) is 0 Å². The second-order valence-corrected chi connectivity index (χ2v) is 11.0. The molecule has 34 heavy (non-hydrogen) atoms.